The van der Waals surface area contributed by atoms with Crippen molar-refractivity contribution in [2.75, 3.05) is 26.2 Å². The van der Waals surface area contributed by atoms with E-state index in [0.717, 1.165) is 19.6 Å². The van der Waals surface area contributed by atoms with Crippen LogP contribution in [0, 0.1) is 0 Å². The van der Waals surface area contributed by atoms with Crippen molar-refractivity contribution in [2.24, 2.45) is 5.73 Å². The van der Waals surface area contributed by atoms with Gasteiger partial charge in [0.2, 0.25) is 0 Å². The summed E-state index contributed by atoms with van der Waals surface area (Å²) in [6, 6.07) is -0.203. The average Bonchev–Trinajstić information content (AvgIpc) is 2.79. The zero-order valence-corrected chi connectivity index (χ0v) is 10.3. The molecule has 1 atom stereocenters. The fourth-order valence-corrected chi connectivity index (χ4v) is 2.05. The Kier molecular flexibility index (Phi) is 4.33. The van der Waals surface area contributed by atoms with E-state index < -0.39 is 0 Å². The van der Waals surface area contributed by atoms with Crippen LogP contribution in [0.15, 0.2) is 4.52 Å². The van der Waals surface area contributed by atoms with E-state index in [1.807, 2.05) is 6.92 Å². The van der Waals surface area contributed by atoms with Gasteiger partial charge in [0.1, 0.15) is 0 Å². The van der Waals surface area contributed by atoms with Gasteiger partial charge in [-0.2, -0.15) is 4.98 Å². The maximum absolute atomic E-state index is 6.05. The maximum Gasteiger partial charge on any atom is 0.417 e. The lowest BCUT2D eigenvalue weighted by Crippen LogP contribution is -2.36. The number of hydrogen-bond acceptors (Lipinski definition) is 6. The molecule has 2 rings (SSSR count). The summed E-state index contributed by atoms with van der Waals surface area (Å²) in [7, 11) is 0. The molecule has 1 aromatic heterocycles. The summed E-state index contributed by atoms with van der Waals surface area (Å²) in [5, 5.41) is 3.84. The van der Waals surface area contributed by atoms with Crippen molar-refractivity contribution < 1.29 is 9.26 Å². The van der Waals surface area contributed by atoms with Crippen LogP contribution in [-0.4, -0.2) is 41.3 Å². The topological polar surface area (TPSA) is 77.4 Å². The molecule has 0 spiro atoms. The summed E-state index contributed by atoms with van der Waals surface area (Å²) in [6.07, 6.45) is 4.03. The molecule has 0 amide bonds. The summed E-state index contributed by atoms with van der Waals surface area (Å²) >= 11 is 0. The second kappa shape index (κ2) is 5.97. The third-order valence-electron chi connectivity index (χ3n) is 2.93. The highest BCUT2D eigenvalue weighted by Gasteiger charge is 2.19. The zero-order valence-electron chi connectivity index (χ0n) is 10.3. The van der Waals surface area contributed by atoms with Crippen LogP contribution in [0.25, 0.3) is 0 Å². The molecule has 1 aliphatic heterocycles. The Balaban J connectivity index is 1.86. The van der Waals surface area contributed by atoms with E-state index in [0.29, 0.717) is 12.4 Å². The summed E-state index contributed by atoms with van der Waals surface area (Å²) in [6.45, 7) is 5.40. The first-order chi connectivity index (χ1) is 8.29. The largest absolute Gasteiger partial charge is 0.449 e. The van der Waals surface area contributed by atoms with E-state index in [4.69, 9.17) is 15.0 Å². The number of hydrogen-bond donors (Lipinski definition) is 1. The molecule has 1 saturated heterocycles. The van der Waals surface area contributed by atoms with Gasteiger partial charge in [0.25, 0.3) is 0 Å². The highest BCUT2D eigenvalue weighted by atomic mass is 16.6. The first kappa shape index (κ1) is 12.3. The molecule has 17 heavy (non-hydrogen) atoms. The molecule has 1 aliphatic rings. The van der Waals surface area contributed by atoms with Crippen LogP contribution in [0.2, 0.25) is 0 Å². The first-order valence-corrected chi connectivity index (χ1v) is 6.24. The molecule has 0 aromatic carbocycles. The number of aromatic nitrogens is 2. The zero-order chi connectivity index (χ0) is 12.1. The lowest BCUT2D eigenvalue weighted by Gasteiger charge is -2.27. The van der Waals surface area contributed by atoms with Gasteiger partial charge >= 0.3 is 6.08 Å². The summed E-state index contributed by atoms with van der Waals surface area (Å²) in [5.41, 5.74) is 6.05. The molecule has 1 fully saturated rings. The predicted molar refractivity (Wildman–Crippen MR) is 62.7 cm³/mol. The van der Waals surface area contributed by atoms with E-state index in [2.05, 4.69) is 15.0 Å². The second-order valence-corrected chi connectivity index (χ2v) is 4.32. The van der Waals surface area contributed by atoms with Gasteiger partial charge in [-0.15, -0.1) is 0 Å². The quantitative estimate of drug-likeness (QED) is 0.825. The fraction of sp³-hybridized carbons (Fsp3) is 0.818. The average molecular weight is 240 g/mol. The van der Waals surface area contributed by atoms with Gasteiger partial charge in [-0.05, 0) is 32.9 Å². The molecular formula is C11H20N4O2. The molecule has 0 bridgehead atoms. The van der Waals surface area contributed by atoms with Crippen molar-refractivity contribution >= 4 is 0 Å². The Morgan fingerprint density at radius 3 is 2.88 bits per heavy atom. The van der Waals surface area contributed by atoms with E-state index in [1.165, 1.54) is 19.3 Å². The Morgan fingerprint density at radius 1 is 1.41 bits per heavy atom. The number of piperidine rings is 1. The number of ether oxygens (including phenoxy) is 1. The van der Waals surface area contributed by atoms with Gasteiger partial charge in [-0.1, -0.05) is 11.6 Å². The molecule has 2 heterocycles. The van der Waals surface area contributed by atoms with E-state index in [-0.39, 0.29) is 12.1 Å². The highest BCUT2D eigenvalue weighted by Crippen LogP contribution is 2.15. The van der Waals surface area contributed by atoms with Crippen molar-refractivity contribution in [3.8, 4) is 6.08 Å². The van der Waals surface area contributed by atoms with Gasteiger partial charge in [0.15, 0.2) is 5.82 Å². The lowest BCUT2D eigenvalue weighted by molar-refractivity contribution is 0.208. The molecular weight excluding hydrogens is 220 g/mol. The Morgan fingerprint density at radius 2 is 2.18 bits per heavy atom. The molecule has 0 radical (unpaired) electrons. The van der Waals surface area contributed by atoms with E-state index >= 15 is 0 Å². The highest BCUT2D eigenvalue weighted by molar-refractivity contribution is 4.96. The molecule has 1 aromatic rings. The van der Waals surface area contributed by atoms with Crippen molar-refractivity contribution in [3.63, 3.8) is 0 Å². The van der Waals surface area contributed by atoms with Crippen LogP contribution in [0.4, 0.5) is 0 Å². The van der Waals surface area contributed by atoms with Crippen molar-refractivity contribution in [2.45, 2.75) is 32.2 Å². The second-order valence-electron chi connectivity index (χ2n) is 4.32. The van der Waals surface area contributed by atoms with Gasteiger partial charge in [-0.3, -0.25) is 4.52 Å². The van der Waals surface area contributed by atoms with Gasteiger partial charge in [0, 0.05) is 6.54 Å². The third kappa shape index (κ3) is 3.41. The SMILES string of the molecule is CCOc1nc(C(N)CN2CCCCC2)no1. The molecule has 1 unspecified atom stereocenters. The van der Waals surface area contributed by atoms with Gasteiger partial charge in [-0.25, -0.2) is 0 Å². The molecule has 6 heteroatoms. The minimum Gasteiger partial charge on any atom is -0.449 e. The van der Waals surface area contributed by atoms with Crippen LogP contribution in [0.3, 0.4) is 0 Å². The minimum atomic E-state index is -0.203. The van der Waals surface area contributed by atoms with Crippen molar-refractivity contribution in [3.05, 3.63) is 5.82 Å². The van der Waals surface area contributed by atoms with Gasteiger partial charge in [0.05, 0.1) is 12.6 Å². The van der Waals surface area contributed by atoms with Crippen LogP contribution >= 0.6 is 0 Å². The Labute approximate surface area is 101 Å². The van der Waals surface area contributed by atoms with Gasteiger partial charge < -0.3 is 15.4 Å². The molecule has 0 saturated carbocycles. The van der Waals surface area contributed by atoms with Crippen molar-refractivity contribution in [1.82, 2.24) is 15.0 Å². The summed E-state index contributed by atoms with van der Waals surface area (Å²) < 4.78 is 10.1. The minimum absolute atomic E-state index is 0.203. The van der Waals surface area contributed by atoms with E-state index in [9.17, 15) is 0 Å². The van der Waals surface area contributed by atoms with Crippen LogP contribution in [0.1, 0.15) is 38.1 Å². The van der Waals surface area contributed by atoms with Crippen LogP contribution in [0.5, 0.6) is 6.08 Å². The predicted octanol–water partition coefficient (Wildman–Crippen LogP) is 0.954. The Hall–Kier alpha value is -1.14. The summed E-state index contributed by atoms with van der Waals surface area (Å²) in [5.74, 6) is 0.527. The number of likely N-dealkylation sites (tertiary alicyclic amines) is 1. The molecule has 6 nitrogen and oxygen atoms in total. The molecule has 2 N–H and O–H groups in total. The normalized spacial score (nSPS) is 19.2. The third-order valence-corrected chi connectivity index (χ3v) is 2.93. The number of rotatable bonds is 5. The van der Waals surface area contributed by atoms with E-state index in [1.54, 1.807) is 0 Å². The smallest absolute Gasteiger partial charge is 0.417 e. The lowest BCUT2D eigenvalue weighted by atomic mass is 10.1. The monoisotopic (exact) mass is 240 g/mol. The van der Waals surface area contributed by atoms with Crippen LogP contribution in [-0.2, 0) is 0 Å². The number of nitrogens with two attached hydrogens (primary N) is 1. The molecule has 96 valence electrons. The maximum atomic E-state index is 6.05. The standard InChI is InChI=1S/C11H20N4O2/c1-2-16-11-13-10(14-17-11)9(12)8-15-6-4-3-5-7-15/h9H,2-8,12H2,1H3. The molecule has 0 aliphatic carbocycles. The Bertz CT molecular complexity index is 336. The van der Waals surface area contributed by atoms with Crippen LogP contribution < -0.4 is 10.5 Å². The summed E-state index contributed by atoms with van der Waals surface area (Å²) in [4.78, 5) is 6.47. The fourth-order valence-electron chi connectivity index (χ4n) is 2.05. The van der Waals surface area contributed by atoms with Crippen molar-refractivity contribution in [1.29, 1.82) is 0 Å². The number of nitrogens with zero attached hydrogens (tertiary/aromatic N) is 3. The first-order valence-electron chi connectivity index (χ1n) is 6.24.